The van der Waals surface area contributed by atoms with E-state index in [9.17, 15) is 14.4 Å². The highest BCUT2D eigenvalue weighted by molar-refractivity contribution is 5.71. The van der Waals surface area contributed by atoms with Crippen LogP contribution < -0.4 is 0 Å². The van der Waals surface area contributed by atoms with E-state index in [0.717, 1.165) is 57.8 Å². The minimum absolute atomic E-state index is 0.0656. The summed E-state index contributed by atoms with van der Waals surface area (Å²) in [6.07, 6.45) is 55.3. The van der Waals surface area contributed by atoms with Gasteiger partial charge in [0.05, 0.1) is 0 Å². The van der Waals surface area contributed by atoms with Gasteiger partial charge in [0.15, 0.2) is 6.10 Å². The Hall–Kier alpha value is -1.85. The first kappa shape index (κ1) is 58.1. The maximum Gasteiger partial charge on any atom is 0.306 e. The summed E-state index contributed by atoms with van der Waals surface area (Å²) >= 11 is 0. The molecule has 6 heteroatoms. The van der Waals surface area contributed by atoms with Crippen LogP contribution in [0, 0.1) is 0 Å². The number of hydrogen-bond acceptors (Lipinski definition) is 6. The second-order valence-corrected chi connectivity index (χ2v) is 18.2. The quantitative estimate of drug-likeness (QED) is 0.0263. The predicted octanol–water partition coefficient (Wildman–Crippen LogP) is 17.4. The Morgan fingerprint density at radius 3 is 0.833 bits per heavy atom. The van der Waals surface area contributed by atoms with E-state index in [2.05, 4.69) is 32.9 Å². The molecule has 0 aromatic heterocycles. The number of carbonyl (C=O) groups is 3. The molecule has 0 spiro atoms. The topological polar surface area (TPSA) is 78.9 Å². The Bertz CT molecular complexity index is 931. The van der Waals surface area contributed by atoms with E-state index < -0.39 is 6.10 Å². The Kier molecular flexibility index (Phi) is 48.3. The van der Waals surface area contributed by atoms with Crippen LogP contribution in [0.25, 0.3) is 0 Å². The molecule has 0 aliphatic rings. The van der Waals surface area contributed by atoms with E-state index in [0.29, 0.717) is 19.3 Å². The molecular weight excluding hydrogens is 745 g/mol. The lowest BCUT2D eigenvalue weighted by Crippen LogP contribution is -2.30. The average Bonchev–Trinajstić information content (AvgIpc) is 3.24. The van der Waals surface area contributed by atoms with Crippen LogP contribution in [0.3, 0.4) is 0 Å². The number of allylic oxidation sites excluding steroid dienone is 2. The minimum Gasteiger partial charge on any atom is -0.462 e. The highest BCUT2D eigenvalue weighted by Gasteiger charge is 2.19. The SMILES string of the molecule is CCCCCCCCCC/C=C\CCCCCCCCCCCCCCCC(=O)OCC(COC(=O)CCCCCCCC)OC(=O)CCCCCCCCCCCCC. The van der Waals surface area contributed by atoms with E-state index in [1.165, 1.54) is 199 Å². The van der Waals surface area contributed by atoms with Gasteiger partial charge in [-0.05, 0) is 44.9 Å². The van der Waals surface area contributed by atoms with Gasteiger partial charge >= 0.3 is 17.9 Å². The van der Waals surface area contributed by atoms with Crippen LogP contribution in [0.5, 0.6) is 0 Å². The number of ether oxygens (including phenoxy) is 3. The zero-order valence-electron chi connectivity index (χ0n) is 40.5. The maximum absolute atomic E-state index is 12.7. The van der Waals surface area contributed by atoms with E-state index in [4.69, 9.17) is 14.2 Å². The molecule has 0 fully saturated rings. The summed E-state index contributed by atoms with van der Waals surface area (Å²) < 4.78 is 16.7. The number of carbonyl (C=O) groups excluding carboxylic acids is 3. The molecule has 1 atom stereocenters. The van der Waals surface area contributed by atoms with Crippen molar-refractivity contribution in [2.45, 2.75) is 303 Å². The lowest BCUT2D eigenvalue weighted by atomic mass is 10.0. The number of unbranched alkanes of at least 4 members (excludes halogenated alkanes) is 36. The summed E-state index contributed by atoms with van der Waals surface area (Å²) in [5.74, 6) is -0.862. The maximum atomic E-state index is 12.7. The summed E-state index contributed by atoms with van der Waals surface area (Å²) in [4.78, 5) is 37.7. The zero-order valence-corrected chi connectivity index (χ0v) is 40.5. The first-order chi connectivity index (χ1) is 29.5. The van der Waals surface area contributed by atoms with Crippen LogP contribution in [0.4, 0.5) is 0 Å². The molecule has 0 saturated heterocycles. The molecule has 0 saturated carbocycles. The second kappa shape index (κ2) is 49.8. The molecule has 6 nitrogen and oxygen atoms in total. The predicted molar refractivity (Wildman–Crippen MR) is 256 cm³/mol. The number of hydrogen-bond donors (Lipinski definition) is 0. The Morgan fingerprint density at radius 1 is 0.317 bits per heavy atom. The molecule has 354 valence electrons. The molecule has 0 N–H and O–H groups in total. The van der Waals surface area contributed by atoms with Crippen molar-refractivity contribution in [2.75, 3.05) is 13.2 Å². The largest absolute Gasteiger partial charge is 0.462 e. The Morgan fingerprint density at radius 2 is 0.550 bits per heavy atom. The zero-order chi connectivity index (χ0) is 43.7. The van der Waals surface area contributed by atoms with Gasteiger partial charge in [-0.2, -0.15) is 0 Å². The van der Waals surface area contributed by atoms with Crippen molar-refractivity contribution in [1.82, 2.24) is 0 Å². The molecule has 0 bridgehead atoms. The highest BCUT2D eigenvalue weighted by atomic mass is 16.6. The summed E-state index contributed by atoms with van der Waals surface area (Å²) in [5.41, 5.74) is 0. The first-order valence-corrected chi connectivity index (χ1v) is 26.7. The van der Waals surface area contributed by atoms with Crippen LogP contribution in [0.2, 0.25) is 0 Å². The van der Waals surface area contributed by atoms with Crippen molar-refractivity contribution in [3.63, 3.8) is 0 Å². The molecule has 0 heterocycles. The number of rotatable bonds is 49. The first-order valence-electron chi connectivity index (χ1n) is 26.7. The molecular formula is C54H102O6. The monoisotopic (exact) mass is 847 g/mol. The van der Waals surface area contributed by atoms with Crippen molar-refractivity contribution >= 4 is 17.9 Å². The number of esters is 3. The van der Waals surface area contributed by atoms with Crippen molar-refractivity contribution < 1.29 is 28.6 Å². The third kappa shape index (κ3) is 47.2. The van der Waals surface area contributed by atoms with Gasteiger partial charge in [-0.3, -0.25) is 14.4 Å². The highest BCUT2D eigenvalue weighted by Crippen LogP contribution is 2.16. The van der Waals surface area contributed by atoms with Gasteiger partial charge in [0.2, 0.25) is 0 Å². The van der Waals surface area contributed by atoms with Gasteiger partial charge in [0, 0.05) is 19.3 Å². The molecule has 0 amide bonds. The summed E-state index contributed by atoms with van der Waals surface area (Å²) in [7, 11) is 0. The van der Waals surface area contributed by atoms with Gasteiger partial charge in [-0.1, -0.05) is 245 Å². The second-order valence-electron chi connectivity index (χ2n) is 18.2. The lowest BCUT2D eigenvalue weighted by Gasteiger charge is -2.18. The molecule has 60 heavy (non-hydrogen) atoms. The standard InChI is InChI=1S/C54H102O6/c1-4-7-10-13-16-18-20-21-22-23-24-25-26-27-28-29-30-31-32-33-35-36-38-41-44-47-53(56)59-50-51(49-58-52(55)46-43-40-15-12-9-6-3)60-54(57)48-45-42-39-37-34-19-17-14-11-8-5-2/h23-24,51H,4-22,25-50H2,1-3H3/b24-23-. The summed E-state index contributed by atoms with van der Waals surface area (Å²) in [5, 5.41) is 0. The van der Waals surface area contributed by atoms with Gasteiger partial charge in [-0.25, -0.2) is 0 Å². The van der Waals surface area contributed by atoms with Gasteiger partial charge in [0.1, 0.15) is 13.2 Å². The fraction of sp³-hybridized carbons (Fsp3) is 0.907. The molecule has 0 aromatic carbocycles. The summed E-state index contributed by atoms with van der Waals surface area (Å²) in [6, 6.07) is 0. The lowest BCUT2D eigenvalue weighted by molar-refractivity contribution is -0.167. The van der Waals surface area contributed by atoms with Gasteiger partial charge < -0.3 is 14.2 Å². The third-order valence-electron chi connectivity index (χ3n) is 12.0. The molecule has 1 unspecified atom stereocenters. The molecule has 0 aliphatic carbocycles. The smallest absolute Gasteiger partial charge is 0.306 e. The van der Waals surface area contributed by atoms with Crippen molar-refractivity contribution in [1.29, 1.82) is 0 Å². The van der Waals surface area contributed by atoms with Gasteiger partial charge in [-0.15, -0.1) is 0 Å². The normalized spacial score (nSPS) is 12.0. The molecule has 0 aromatic rings. The van der Waals surface area contributed by atoms with Crippen molar-refractivity contribution in [3.8, 4) is 0 Å². The Labute approximate surface area is 373 Å². The molecule has 0 radical (unpaired) electrons. The van der Waals surface area contributed by atoms with Crippen molar-refractivity contribution in [2.24, 2.45) is 0 Å². The molecule has 0 rings (SSSR count). The summed E-state index contributed by atoms with van der Waals surface area (Å²) in [6.45, 7) is 6.60. The Balaban J connectivity index is 4.01. The van der Waals surface area contributed by atoms with E-state index >= 15 is 0 Å². The fourth-order valence-electron chi connectivity index (χ4n) is 7.97. The minimum atomic E-state index is -0.760. The third-order valence-corrected chi connectivity index (χ3v) is 12.0. The molecule has 0 aliphatic heterocycles. The van der Waals surface area contributed by atoms with E-state index in [1.54, 1.807) is 0 Å². The van der Waals surface area contributed by atoms with Crippen LogP contribution in [-0.4, -0.2) is 37.2 Å². The van der Waals surface area contributed by atoms with Crippen LogP contribution in [0.1, 0.15) is 297 Å². The van der Waals surface area contributed by atoms with E-state index in [1.807, 2.05) is 0 Å². The van der Waals surface area contributed by atoms with E-state index in [-0.39, 0.29) is 31.1 Å². The van der Waals surface area contributed by atoms with Crippen LogP contribution in [-0.2, 0) is 28.6 Å². The van der Waals surface area contributed by atoms with Gasteiger partial charge in [0.25, 0.3) is 0 Å². The fourth-order valence-corrected chi connectivity index (χ4v) is 7.97. The van der Waals surface area contributed by atoms with Crippen molar-refractivity contribution in [3.05, 3.63) is 12.2 Å². The average molecular weight is 847 g/mol. The van der Waals surface area contributed by atoms with Crippen LogP contribution >= 0.6 is 0 Å². The van der Waals surface area contributed by atoms with Crippen LogP contribution in [0.15, 0.2) is 12.2 Å².